The first-order valence-corrected chi connectivity index (χ1v) is 7.39. The third-order valence-electron chi connectivity index (χ3n) is 3.63. The highest BCUT2D eigenvalue weighted by Gasteiger charge is 2.21. The van der Waals surface area contributed by atoms with Gasteiger partial charge in [0.15, 0.2) is 0 Å². The number of halogens is 1. The number of aromatic carboxylic acids is 1. The van der Waals surface area contributed by atoms with Crippen molar-refractivity contribution in [2.45, 2.75) is 13.3 Å². The SMILES string of the molecule is CCN1CCC(CNc2cccc(Br)c2C(=O)O)C1. The van der Waals surface area contributed by atoms with E-state index >= 15 is 0 Å². The van der Waals surface area contributed by atoms with Crippen molar-refractivity contribution in [3.63, 3.8) is 0 Å². The van der Waals surface area contributed by atoms with Crippen LogP contribution in [0.1, 0.15) is 23.7 Å². The van der Waals surface area contributed by atoms with Crippen LogP contribution in [0, 0.1) is 5.92 Å². The Morgan fingerprint density at radius 3 is 3.00 bits per heavy atom. The summed E-state index contributed by atoms with van der Waals surface area (Å²) in [4.78, 5) is 13.7. The Bertz CT molecular complexity index is 465. The van der Waals surface area contributed by atoms with Gasteiger partial charge in [-0.05, 0) is 53.5 Å². The van der Waals surface area contributed by atoms with Crippen LogP contribution in [0.2, 0.25) is 0 Å². The quantitative estimate of drug-likeness (QED) is 0.873. The molecule has 1 aromatic rings. The van der Waals surface area contributed by atoms with Crippen molar-refractivity contribution in [3.8, 4) is 0 Å². The maximum absolute atomic E-state index is 11.3. The van der Waals surface area contributed by atoms with E-state index in [-0.39, 0.29) is 0 Å². The lowest BCUT2D eigenvalue weighted by Crippen LogP contribution is -2.23. The summed E-state index contributed by atoms with van der Waals surface area (Å²) >= 11 is 3.29. The number of anilines is 1. The molecule has 1 fully saturated rings. The lowest BCUT2D eigenvalue weighted by molar-refractivity contribution is 0.0697. The van der Waals surface area contributed by atoms with Crippen LogP contribution in [0.5, 0.6) is 0 Å². The number of benzene rings is 1. The minimum Gasteiger partial charge on any atom is -0.478 e. The van der Waals surface area contributed by atoms with E-state index in [1.807, 2.05) is 12.1 Å². The highest BCUT2D eigenvalue weighted by atomic mass is 79.9. The monoisotopic (exact) mass is 326 g/mol. The third-order valence-corrected chi connectivity index (χ3v) is 4.29. The van der Waals surface area contributed by atoms with Crippen LogP contribution in [0.25, 0.3) is 0 Å². The van der Waals surface area contributed by atoms with Crippen molar-refractivity contribution < 1.29 is 9.90 Å². The molecule has 0 aliphatic carbocycles. The summed E-state index contributed by atoms with van der Waals surface area (Å²) in [6.45, 7) is 6.33. The molecule has 0 spiro atoms. The molecule has 0 radical (unpaired) electrons. The van der Waals surface area contributed by atoms with E-state index in [1.165, 1.54) is 6.42 Å². The first kappa shape index (κ1) is 14.3. The first-order valence-electron chi connectivity index (χ1n) is 6.59. The van der Waals surface area contributed by atoms with E-state index in [0.717, 1.165) is 26.2 Å². The molecule has 1 aliphatic rings. The zero-order valence-electron chi connectivity index (χ0n) is 11.0. The summed E-state index contributed by atoms with van der Waals surface area (Å²) in [7, 11) is 0. The second kappa shape index (κ2) is 6.39. The Morgan fingerprint density at radius 2 is 2.37 bits per heavy atom. The van der Waals surface area contributed by atoms with Crippen molar-refractivity contribution in [2.24, 2.45) is 5.92 Å². The van der Waals surface area contributed by atoms with Crippen LogP contribution in [0.15, 0.2) is 22.7 Å². The standard InChI is InChI=1S/C14H19BrN2O2/c1-2-17-7-6-10(9-17)8-16-12-5-3-4-11(15)13(12)14(18)19/h3-5,10,16H,2,6-9H2,1H3,(H,18,19). The molecule has 1 unspecified atom stereocenters. The molecular formula is C14H19BrN2O2. The number of hydrogen-bond donors (Lipinski definition) is 2. The number of carboxylic acid groups (broad SMARTS) is 1. The van der Waals surface area contributed by atoms with Crippen LogP contribution < -0.4 is 5.32 Å². The molecule has 1 aliphatic heterocycles. The van der Waals surface area contributed by atoms with Gasteiger partial charge in [0, 0.05) is 23.2 Å². The molecule has 1 saturated heterocycles. The molecule has 1 heterocycles. The Labute approximate surface area is 121 Å². The van der Waals surface area contributed by atoms with Crippen LogP contribution in [0.4, 0.5) is 5.69 Å². The minimum absolute atomic E-state index is 0.313. The van der Waals surface area contributed by atoms with Gasteiger partial charge in [-0.15, -0.1) is 0 Å². The number of rotatable bonds is 5. The third kappa shape index (κ3) is 3.48. The highest BCUT2D eigenvalue weighted by molar-refractivity contribution is 9.10. The Hall–Kier alpha value is -1.07. The molecule has 0 amide bonds. The van der Waals surface area contributed by atoms with E-state index in [0.29, 0.717) is 21.6 Å². The predicted molar refractivity (Wildman–Crippen MR) is 79.8 cm³/mol. The van der Waals surface area contributed by atoms with E-state index < -0.39 is 5.97 Å². The van der Waals surface area contributed by atoms with Crippen LogP contribution >= 0.6 is 15.9 Å². The van der Waals surface area contributed by atoms with Gasteiger partial charge in [0.1, 0.15) is 0 Å². The Morgan fingerprint density at radius 1 is 1.58 bits per heavy atom. The predicted octanol–water partition coefficient (Wildman–Crippen LogP) is 2.90. The Kier molecular flexibility index (Phi) is 4.82. The molecule has 19 heavy (non-hydrogen) atoms. The van der Waals surface area contributed by atoms with Gasteiger partial charge in [-0.25, -0.2) is 4.79 Å². The summed E-state index contributed by atoms with van der Waals surface area (Å²) in [6.07, 6.45) is 1.18. The summed E-state index contributed by atoms with van der Waals surface area (Å²) in [5.41, 5.74) is 1.00. The van der Waals surface area contributed by atoms with Gasteiger partial charge in [0.25, 0.3) is 0 Å². The molecule has 0 saturated carbocycles. The fourth-order valence-corrected chi connectivity index (χ4v) is 3.05. The van der Waals surface area contributed by atoms with Crippen molar-refractivity contribution in [1.29, 1.82) is 0 Å². The van der Waals surface area contributed by atoms with Gasteiger partial charge >= 0.3 is 5.97 Å². The number of carboxylic acids is 1. The molecule has 1 aromatic carbocycles. The fraction of sp³-hybridized carbons (Fsp3) is 0.500. The normalized spacial score (nSPS) is 19.6. The van der Waals surface area contributed by atoms with Gasteiger partial charge < -0.3 is 15.3 Å². The summed E-state index contributed by atoms with van der Waals surface area (Å²) < 4.78 is 0.617. The van der Waals surface area contributed by atoms with E-state index in [9.17, 15) is 9.90 Å². The number of likely N-dealkylation sites (tertiary alicyclic amines) is 1. The number of hydrogen-bond acceptors (Lipinski definition) is 3. The van der Waals surface area contributed by atoms with Gasteiger partial charge in [-0.2, -0.15) is 0 Å². The highest BCUT2D eigenvalue weighted by Crippen LogP contribution is 2.25. The molecular weight excluding hydrogens is 308 g/mol. The number of nitrogens with one attached hydrogen (secondary N) is 1. The van der Waals surface area contributed by atoms with Crippen LogP contribution in [0.3, 0.4) is 0 Å². The average Bonchev–Trinajstić information content (AvgIpc) is 2.83. The van der Waals surface area contributed by atoms with Crippen LogP contribution in [-0.4, -0.2) is 42.2 Å². The van der Waals surface area contributed by atoms with Crippen LogP contribution in [-0.2, 0) is 0 Å². The molecule has 2 N–H and O–H groups in total. The molecule has 0 aromatic heterocycles. The lowest BCUT2D eigenvalue weighted by Gasteiger charge is -2.16. The van der Waals surface area contributed by atoms with Gasteiger partial charge in [-0.1, -0.05) is 13.0 Å². The average molecular weight is 327 g/mol. The van der Waals surface area contributed by atoms with Crippen molar-refractivity contribution in [1.82, 2.24) is 4.90 Å². The Balaban J connectivity index is 2.00. The molecule has 2 rings (SSSR count). The molecule has 5 heteroatoms. The maximum Gasteiger partial charge on any atom is 0.338 e. The smallest absolute Gasteiger partial charge is 0.338 e. The molecule has 104 valence electrons. The first-order chi connectivity index (χ1) is 9.11. The molecule has 4 nitrogen and oxygen atoms in total. The molecule has 0 bridgehead atoms. The maximum atomic E-state index is 11.3. The van der Waals surface area contributed by atoms with E-state index in [4.69, 9.17) is 0 Å². The largest absolute Gasteiger partial charge is 0.478 e. The van der Waals surface area contributed by atoms with Gasteiger partial charge in [-0.3, -0.25) is 0 Å². The second-order valence-corrected chi connectivity index (χ2v) is 5.75. The minimum atomic E-state index is -0.906. The lowest BCUT2D eigenvalue weighted by atomic mass is 10.1. The zero-order chi connectivity index (χ0) is 13.8. The zero-order valence-corrected chi connectivity index (χ0v) is 12.6. The summed E-state index contributed by atoms with van der Waals surface area (Å²) in [5.74, 6) is -0.308. The van der Waals surface area contributed by atoms with E-state index in [2.05, 4.69) is 33.1 Å². The van der Waals surface area contributed by atoms with Gasteiger partial charge in [0.05, 0.1) is 5.56 Å². The molecule has 1 atom stereocenters. The summed E-state index contributed by atoms with van der Waals surface area (Å²) in [5, 5.41) is 12.5. The van der Waals surface area contributed by atoms with Crippen molar-refractivity contribution >= 4 is 27.6 Å². The fourth-order valence-electron chi connectivity index (χ4n) is 2.51. The topological polar surface area (TPSA) is 52.6 Å². The van der Waals surface area contributed by atoms with Gasteiger partial charge in [0.2, 0.25) is 0 Å². The number of carbonyl (C=O) groups is 1. The van der Waals surface area contributed by atoms with E-state index in [1.54, 1.807) is 6.07 Å². The van der Waals surface area contributed by atoms with Crippen molar-refractivity contribution in [3.05, 3.63) is 28.2 Å². The summed E-state index contributed by atoms with van der Waals surface area (Å²) in [6, 6.07) is 5.43. The number of nitrogens with zero attached hydrogens (tertiary/aromatic N) is 1. The van der Waals surface area contributed by atoms with Crippen molar-refractivity contribution in [2.75, 3.05) is 31.5 Å². The second-order valence-electron chi connectivity index (χ2n) is 4.90.